The van der Waals surface area contributed by atoms with Gasteiger partial charge < -0.3 is 29.8 Å². The number of hydrogen-bond donors (Lipinski definition) is 2. The van der Waals surface area contributed by atoms with Gasteiger partial charge in [0.15, 0.2) is 17.7 Å². The fourth-order valence-corrected chi connectivity index (χ4v) is 4.55. The van der Waals surface area contributed by atoms with E-state index in [0.717, 1.165) is 0 Å². The van der Waals surface area contributed by atoms with Gasteiger partial charge in [0.1, 0.15) is 11.6 Å². The fourth-order valence-electron chi connectivity index (χ4n) is 4.38. The van der Waals surface area contributed by atoms with Gasteiger partial charge >= 0.3 is 11.9 Å². The molecule has 204 valence electrons. The minimum absolute atomic E-state index is 0.0382. The second-order valence-electron chi connectivity index (χ2n) is 8.86. The zero-order valence-electron chi connectivity index (χ0n) is 21.2. The van der Waals surface area contributed by atoms with Crippen molar-refractivity contribution in [3.05, 3.63) is 47.5 Å². The number of hydrogen-bond acceptors (Lipinski definition) is 11. The molecule has 38 heavy (non-hydrogen) atoms. The molecule has 0 aliphatic carbocycles. The highest BCUT2D eigenvalue weighted by Gasteiger charge is 2.52. The van der Waals surface area contributed by atoms with E-state index >= 15 is 0 Å². The van der Waals surface area contributed by atoms with Crippen LogP contribution in [0.2, 0.25) is 5.28 Å². The van der Waals surface area contributed by atoms with E-state index in [9.17, 15) is 14.7 Å². The number of nitrogens with zero attached hydrogens (tertiary/aromatic N) is 4. The van der Waals surface area contributed by atoms with Gasteiger partial charge in [-0.1, -0.05) is 37.3 Å². The van der Waals surface area contributed by atoms with Crippen LogP contribution >= 0.6 is 11.6 Å². The zero-order chi connectivity index (χ0) is 27.4. The van der Waals surface area contributed by atoms with Gasteiger partial charge in [0.25, 0.3) is 5.60 Å². The number of aliphatic hydroxyl groups excluding tert-OH is 1. The van der Waals surface area contributed by atoms with E-state index in [1.165, 1.54) is 10.9 Å². The van der Waals surface area contributed by atoms with Crippen LogP contribution in [-0.4, -0.2) is 74.2 Å². The lowest BCUT2D eigenvalue weighted by Gasteiger charge is -2.31. The second kappa shape index (κ2) is 11.6. The van der Waals surface area contributed by atoms with Crippen molar-refractivity contribution in [2.24, 2.45) is 5.92 Å². The minimum atomic E-state index is -2.07. The average Bonchev–Trinajstić information content (AvgIpc) is 3.43. The van der Waals surface area contributed by atoms with Gasteiger partial charge in [0.2, 0.25) is 5.28 Å². The molecule has 4 rings (SSSR count). The number of nitrogens with two attached hydrogens (primary N) is 1. The number of ether oxygens (including phenoxy) is 4. The van der Waals surface area contributed by atoms with E-state index in [1.54, 1.807) is 45.0 Å². The SMILES string of the molecule is CCOC(=O)C(Cc1ccccc1)(OC[C@H]1O[C@@H](n2cnc3c(N)nc(Cl)nc32)[C@H](O)[C@H]1C)C(=O)OCC. The van der Waals surface area contributed by atoms with Crippen LogP contribution in [0.15, 0.2) is 36.7 Å². The van der Waals surface area contributed by atoms with E-state index in [0.29, 0.717) is 11.1 Å². The van der Waals surface area contributed by atoms with Crippen LogP contribution in [0, 0.1) is 5.92 Å². The van der Waals surface area contributed by atoms with Crippen molar-refractivity contribution in [2.45, 2.75) is 51.2 Å². The molecule has 4 atom stereocenters. The standard InChI is InChI=1S/C25H30ClN5O7/c1-4-35-22(33)25(23(34)36-5-2,11-15-9-7-6-8-10-15)37-12-16-14(3)18(32)21(38-16)31-13-28-17-19(27)29-24(26)30-20(17)31/h6-10,13-14,16,18,21,32H,4-5,11-12H2,1-3H3,(H2,27,29,30)/t14-,16+,18+,21+/m0/s1. The number of anilines is 1. The van der Waals surface area contributed by atoms with E-state index in [2.05, 4.69) is 15.0 Å². The van der Waals surface area contributed by atoms with Gasteiger partial charge in [-0.05, 0) is 31.0 Å². The molecule has 0 unspecified atom stereocenters. The maximum atomic E-state index is 13.2. The van der Waals surface area contributed by atoms with Crippen LogP contribution < -0.4 is 5.73 Å². The van der Waals surface area contributed by atoms with Crippen LogP contribution in [0.3, 0.4) is 0 Å². The molecular weight excluding hydrogens is 518 g/mol. The molecule has 0 bridgehead atoms. The molecule has 0 spiro atoms. The number of imidazole rings is 1. The Hall–Kier alpha value is -3.32. The summed E-state index contributed by atoms with van der Waals surface area (Å²) >= 11 is 5.98. The van der Waals surface area contributed by atoms with E-state index in [-0.39, 0.29) is 43.0 Å². The molecule has 3 aromatic rings. The summed E-state index contributed by atoms with van der Waals surface area (Å²) in [5.74, 6) is -2.11. The first-order valence-corrected chi connectivity index (χ1v) is 12.6. The Kier molecular flexibility index (Phi) is 8.46. The highest BCUT2D eigenvalue weighted by atomic mass is 35.5. The van der Waals surface area contributed by atoms with Crippen LogP contribution in [0.5, 0.6) is 0 Å². The minimum Gasteiger partial charge on any atom is -0.463 e. The number of aromatic nitrogens is 4. The Morgan fingerprint density at radius 3 is 2.45 bits per heavy atom. The third-order valence-corrected chi connectivity index (χ3v) is 6.60. The molecule has 1 aliphatic rings. The number of nitrogen functional groups attached to an aromatic ring is 1. The van der Waals surface area contributed by atoms with Crippen LogP contribution in [0.25, 0.3) is 11.2 Å². The first-order chi connectivity index (χ1) is 18.2. The first kappa shape index (κ1) is 27.7. The van der Waals surface area contributed by atoms with E-state index < -0.39 is 41.9 Å². The third-order valence-electron chi connectivity index (χ3n) is 6.43. The summed E-state index contributed by atoms with van der Waals surface area (Å²) in [6.07, 6.45) is -1.33. The first-order valence-electron chi connectivity index (χ1n) is 12.2. The van der Waals surface area contributed by atoms with Crippen molar-refractivity contribution in [1.29, 1.82) is 0 Å². The maximum absolute atomic E-state index is 13.2. The number of rotatable bonds is 10. The average molecular weight is 548 g/mol. The molecule has 1 saturated heterocycles. The predicted octanol–water partition coefficient (Wildman–Crippen LogP) is 2.08. The largest absolute Gasteiger partial charge is 0.463 e. The molecule has 0 amide bonds. The molecule has 3 N–H and O–H groups in total. The van der Waals surface area contributed by atoms with Crippen molar-refractivity contribution in [2.75, 3.05) is 25.6 Å². The lowest BCUT2D eigenvalue weighted by molar-refractivity contribution is -0.196. The van der Waals surface area contributed by atoms with E-state index in [1.807, 2.05) is 6.07 Å². The summed E-state index contributed by atoms with van der Waals surface area (Å²) in [5, 5.41) is 11.0. The highest BCUT2D eigenvalue weighted by molar-refractivity contribution is 6.28. The normalized spacial score (nSPS) is 21.5. The number of fused-ring (bicyclic) bond motifs is 1. The molecule has 2 aromatic heterocycles. The lowest BCUT2D eigenvalue weighted by Crippen LogP contribution is -2.54. The van der Waals surface area contributed by atoms with Crippen molar-refractivity contribution in [3.63, 3.8) is 0 Å². The smallest absolute Gasteiger partial charge is 0.350 e. The molecule has 3 heterocycles. The number of aliphatic hydroxyl groups is 1. The monoisotopic (exact) mass is 547 g/mol. The Morgan fingerprint density at radius 1 is 1.16 bits per heavy atom. The van der Waals surface area contributed by atoms with Gasteiger partial charge in [-0.3, -0.25) is 4.57 Å². The molecule has 12 nitrogen and oxygen atoms in total. The third kappa shape index (κ3) is 5.30. The zero-order valence-corrected chi connectivity index (χ0v) is 22.0. The molecule has 0 saturated carbocycles. The quantitative estimate of drug-likeness (QED) is 0.217. The molecular formula is C25H30ClN5O7. The molecule has 1 aliphatic heterocycles. The summed E-state index contributed by atoms with van der Waals surface area (Å²) in [7, 11) is 0. The lowest BCUT2D eigenvalue weighted by atomic mass is 9.93. The summed E-state index contributed by atoms with van der Waals surface area (Å²) in [5.41, 5.74) is 5.10. The number of benzene rings is 1. The van der Waals surface area contributed by atoms with Crippen LogP contribution in [0.4, 0.5) is 5.82 Å². The number of halogens is 1. The van der Waals surface area contributed by atoms with Crippen LogP contribution in [0.1, 0.15) is 32.6 Å². The Balaban J connectivity index is 1.62. The molecule has 1 fully saturated rings. The molecule has 13 heteroatoms. The Bertz CT molecular complexity index is 1270. The van der Waals surface area contributed by atoms with Gasteiger partial charge in [-0.2, -0.15) is 9.97 Å². The maximum Gasteiger partial charge on any atom is 0.350 e. The highest BCUT2D eigenvalue weighted by Crippen LogP contribution is 2.37. The Labute approximate surface area is 224 Å². The van der Waals surface area contributed by atoms with Crippen LogP contribution in [-0.2, 0) is 35.0 Å². The fraction of sp³-hybridized carbons (Fsp3) is 0.480. The van der Waals surface area contributed by atoms with Crippen molar-refractivity contribution >= 4 is 40.5 Å². The topological polar surface area (TPSA) is 161 Å². The molecule has 1 aromatic carbocycles. The number of esters is 2. The second-order valence-corrected chi connectivity index (χ2v) is 9.20. The summed E-state index contributed by atoms with van der Waals surface area (Å²) < 4.78 is 24.2. The van der Waals surface area contributed by atoms with Gasteiger partial charge in [0, 0.05) is 12.3 Å². The van der Waals surface area contributed by atoms with Crippen molar-refractivity contribution < 1.29 is 33.6 Å². The van der Waals surface area contributed by atoms with Gasteiger partial charge in [-0.25, -0.2) is 14.6 Å². The van der Waals surface area contributed by atoms with Crippen molar-refractivity contribution in [1.82, 2.24) is 19.5 Å². The van der Waals surface area contributed by atoms with Crippen molar-refractivity contribution in [3.8, 4) is 0 Å². The number of carbonyl (C=O) groups excluding carboxylic acids is 2. The molecule has 0 radical (unpaired) electrons. The summed E-state index contributed by atoms with van der Waals surface area (Å²) in [6.45, 7) is 4.90. The summed E-state index contributed by atoms with van der Waals surface area (Å²) in [4.78, 5) is 38.7. The number of carbonyl (C=O) groups is 2. The predicted molar refractivity (Wildman–Crippen MR) is 136 cm³/mol. The van der Waals surface area contributed by atoms with Gasteiger partial charge in [0.05, 0.1) is 32.3 Å². The van der Waals surface area contributed by atoms with Gasteiger partial charge in [-0.15, -0.1) is 0 Å². The summed E-state index contributed by atoms with van der Waals surface area (Å²) in [6, 6.07) is 8.94. The van der Waals surface area contributed by atoms with E-state index in [4.69, 9.17) is 36.3 Å². The Morgan fingerprint density at radius 2 is 1.82 bits per heavy atom.